The van der Waals surface area contributed by atoms with Crippen LogP contribution in [0.2, 0.25) is 0 Å². The molecule has 0 atom stereocenters. The van der Waals surface area contributed by atoms with Crippen LogP contribution in [0.1, 0.15) is 64.7 Å². The molecule has 0 bridgehead atoms. The maximum atomic E-state index is 12.4. The average Bonchev–Trinajstić information content (AvgIpc) is 3.29. The highest BCUT2D eigenvalue weighted by molar-refractivity contribution is 6.02. The minimum Gasteiger partial charge on any atom is -0.465 e. The van der Waals surface area contributed by atoms with Gasteiger partial charge in [0, 0.05) is 43.0 Å². The van der Waals surface area contributed by atoms with Crippen molar-refractivity contribution in [2.45, 2.75) is 52.5 Å². The van der Waals surface area contributed by atoms with Crippen molar-refractivity contribution in [1.82, 2.24) is 9.47 Å². The van der Waals surface area contributed by atoms with Gasteiger partial charge in [0.15, 0.2) is 0 Å². The largest absolute Gasteiger partial charge is 0.465 e. The predicted molar refractivity (Wildman–Crippen MR) is 119 cm³/mol. The maximum absolute atomic E-state index is 12.4. The summed E-state index contributed by atoms with van der Waals surface area (Å²) < 4.78 is 6.95. The molecule has 7 heteroatoms. The fraction of sp³-hybridized carbons (Fsp3) is 0.458. The van der Waals surface area contributed by atoms with Gasteiger partial charge in [-0.25, -0.2) is 4.79 Å². The monoisotopic (exact) mass is 425 g/mol. The quantitative estimate of drug-likeness (QED) is 0.624. The second-order valence-corrected chi connectivity index (χ2v) is 7.95. The lowest BCUT2D eigenvalue weighted by Gasteiger charge is -2.17. The molecule has 1 aliphatic rings. The highest BCUT2D eigenvalue weighted by atomic mass is 16.5. The number of ether oxygens (including phenoxy) is 1. The Kier molecular flexibility index (Phi) is 7.15. The van der Waals surface area contributed by atoms with Crippen molar-refractivity contribution in [2.24, 2.45) is 5.73 Å². The Labute approximate surface area is 183 Å². The third kappa shape index (κ3) is 4.65. The first-order chi connectivity index (χ1) is 14.9. The molecule has 1 aromatic carbocycles. The molecule has 1 aliphatic heterocycles. The van der Waals surface area contributed by atoms with Crippen molar-refractivity contribution in [1.29, 1.82) is 0 Å². The standard InChI is InChI=1S/C24H31N3O4/c1-4-7-19-22(17-9-11-18(12-10-17)24(30)31-3)21(23(25)29)16(2)27(19)15-6-14-26-13-5-8-20(26)28/h9-12H,4-8,13-15H2,1-3H3,(H2,25,29). The smallest absolute Gasteiger partial charge is 0.337 e. The Morgan fingerprint density at radius 3 is 2.42 bits per heavy atom. The summed E-state index contributed by atoms with van der Waals surface area (Å²) in [6.07, 6.45) is 4.10. The second-order valence-electron chi connectivity index (χ2n) is 7.95. The number of likely N-dealkylation sites (tertiary alicyclic amines) is 1. The van der Waals surface area contributed by atoms with Gasteiger partial charge in [0.05, 0.1) is 18.2 Å². The van der Waals surface area contributed by atoms with Crippen LogP contribution in [0, 0.1) is 6.92 Å². The molecular weight excluding hydrogens is 394 g/mol. The van der Waals surface area contributed by atoms with Gasteiger partial charge in [0.2, 0.25) is 5.91 Å². The Bertz CT molecular complexity index is 976. The number of carbonyl (C=O) groups excluding carboxylic acids is 3. The van der Waals surface area contributed by atoms with E-state index in [9.17, 15) is 14.4 Å². The summed E-state index contributed by atoms with van der Waals surface area (Å²) in [5, 5.41) is 0. The number of rotatable bonds is 9. The maximum Gasteiger partial charge on any atom is 0.337 e. The Hall–Kier alpha value is -3.09. The first kappa shape index (κ1) is 22.6. The SMILES string of the molecule is CCCc1c(-c2ccc(C(=O)OC)cc2)c(C(N)=O)c(C)n1CCCN1CCCC1=O. The summed E-state index contributed by atoms with van der Waals surface area (Å²) in [7, 11) is 1.35. The van der Waals surface area contributed by atoms with Gasteiger partial charge in [0.1, 0.15) is 0 Å². The van der Waals surface area contributed by atoms with E-state index < -0.39 is 11.9 Å². The van der Waals surface area contributed by atoms with Crippen molar-refractivity contribution in [2.75, 3.05) is 20.2 Å². The minimum atomic E-state index is -0.463. The number of hydrogen-bond acceptors (Lipinski definition) is 4. The van der Waals surface area contributed by atoms with E-state index >= 15 is 0 Å². The third-order valence-electron chi connectivity index (χ3n) is 5.94. The van der Waals surface area contributed by atoms with E-state index in [0.29, 0.717) is 24.1 Å². The van der Waals surface area contributed by atoms with Crippen LogP contribution in [0.25, 0.3) is 11.1 Å². The summed E-state index contributed by atoms with van der Waals surface area (Å²) in [6, 6.07) is 7.07. The van der Waals surface area contributed by atoms with Gasteiger partial charge in [-0.2, -0.15) is 0 Å². The molecule has 2 aromatic rings. The minimum absolute atomic E-state index is 0.224. The molecule has 1 fully saturated rings. The molecule has 0 radical (unpaired) electrons. The van der Waals surface area contributed by atoms with Crippen LogP contribution in [0.15, 0.2) is 24.3 Å². The first-order valence-electron chi connectivity index (χ1n) is 10.9. The number of benzene rings is 1. The summed E-state index contributed by atoms with van der Waals surface area (Å²) in [5.41, 5.74) is 10.4. The van der Waals surface area contributed by atoms with Gasteiger partial charge < -0.3 is 19.9 Å². The zero-order valence-electron chi connectivity index (χ0n) is 18.6. The molecular formula is C24H31N3O4. The van der Waals surface area contributed by atoms with Crippen LogP contribution in [0.5, 0.6) is 0 Å². The van der Waals surface area contributed by atoms with E-state index in [4.69, 9.17) is 10.5 Å². The van der Waals surface area contributed by atoms with Crippen LogP contribution in [0.3, 0.4) is 0 Å². The van der Waals surface area contributed by atoms with Crippen molar-refractivity contribution >= 4 is 17.8 Å². The topological polar surface area (TPSA) is 94.6 Å². The Balaban J connectivity index is 1.97. The van der Waals surface area contributed by atoms with Crippen LogP contribution in [0.4, 0.5) is 0 Å². The van der Waals surface area contributed by atoms with Gasteiger partial charge in [-0.15, -0.1) is 0 Å². The first-order valence-corrected chi connectivity index (χ1v) is 10.9. The fourth-order valence-corrected chi connectivity index (χ4v) is 4.46. The van der Waals surface area contributed by atoms with Gasteiger partial charge in [-0.05, 0) is 43.9 Å². The highest BCUT2D eigenvalue weighted by Gasteiger charge is 2.25. The molecule has 1 aromatic heterocycles. The van der Waals surface area contributed by atoms with Gasteiger partial charge in [-0.1, -0.05) is 25.5 Å². The van der Waals surface area contributed by atoms with Crippen LogP contribution >= 0.6 is 0 Å². The third-order valence-corrected chi connectivity index (χ3v) is 5.94. The zero-order valence-corrected chi connectivity index (χ0v) is 18.6. The van der Waals surface area contributed by atoms with Crippen molar-refractivity contribution < 1.29 is 19.1 Å². The number of aromatic nitrogens is 1. The van der Waals surface area contributed by atoms with Crippen molar-refractivity contribution in [3.05, 3.63) is 46.8 Å². The predicted octanol–water partition coefficient (Wildman–Crippen LogP) is 3.31. The number of amides is 2. The molecule has 2 heterocycles. The number of hydrogen-bond donors (Lipinski definition) is 1. The summed E-state index contributed by atoms with van der Waals surface area (Å²) in [6.45, 7) is 6.29. The number of esters is 1. The fourth-order valence-electron chi connectivity index (χ4n) is 4.46. The van der Waals surface area contributed by atoms with Crippen molar-refractivity contribution in [3.8, 4) is 11.1 Å². The number of nitrogens with zero attached hydrogens (tertiary/aromatic N) is 2. The van der Waals surface area contributed by atoms with Crippen LogP contribution in [-0.4, -0.2) is 47.4 Å². The number of carbonyl (C=O) groups is 3. The van der Waals surface area contributed by atoms with E-state index in [1.54, 1.807) is 12.1 Å². The molecule has 3 rings (SSSR count). The molecule has 0 unspecified atom stereocenters. The molecule has 0 aliphatic carbocycles. The lowest BCUT2D eigenvalue weighted by molar-refractivity contribution is -0.127. The number of methoxy groups -OCH3 is 1. The van der Waals surface area contributed by atoms with Gasteiger partial charge in [-0.3, -0.25) is 9.59 Å². The zero-order chi connectivity index (χ0) is 22.5. The van der Waals surface area contributed by atoms with Gasteiger partial charge in [0.25, 0.3) is 5.91 Å². The van der Waals surface area contributed by atoms with E-state index in [1.165, 1.54) is 7.11 Å². The highest BCUT2D eigenvalue weighted by Crippen LogP contribution is 2.34. The molecule has 0 saturated carbocycles. The number of nitrogens with two attached hydrogens (primary N) is 1. The Morgan fingerprint density at radius 2 is 1.87 bits per heavy atom. The Morgan fingerprint density at radius 1 is 1.16 bits per heavy atom. The molecule has 7 nitrogen and oxygen atoms in total. The molecule has 166 valence electrons. The lowest BCUT2D eigenvalue weighted by Crippen LogP contribution is -2.26. The van der Waals surface area contributed by atoms with Crippen LogP contribution < -0.4 is 5.73 Å². The molecule has 2 N–H and O–H groups in total. The summed E-state index contributed by atoms with van der Waals surface area (Å²) in [5.74, 6) is -0.641. The van der Waals surface area contributed by atoms with Gasteiger partial charge >= 0.3 is 5.97 Å². The summed E-state index contributed by atoms with van der Waals surface area (Å²) in [4.78, 5) is 38.0. The van der Waals surface area contributed by atoms with Crippen LogP contribution in [-0.2, 0) is 22.5 Å². The van der Waals surface area contributed by atoms with Crippen molar-refractivity contribution in [3.63, 3.8) is 0 Å². The average molecular weight is 426 g/mol. The normalized spacial score (nSPS) is 13.6. The summed E-state index contributed by atoms with van der Waals surface area (Å²) >= 11 is 0. The molecule has 0 spiro atoms. The lowest BCUT2D eigenvalue weighted by atomic mass is 9.97. The van der Waals surface area contributed by atoms with E-state index in [0.717, 1.165) is 61.3 Å². The van der Waals surface area contributed by atoms with E-state index in [1.807, 2.05) is 24.0 Å². The number of primary amides is 1. The second kappa shape index (κ2) is 9.81. The van der Waals surface area contributed by atoms with E-state index in [-0.39, 0.29) is 5.91 Å². The van der Waals surface area contributed by atoms with E-state index in [2.05, 4.69) is 11.5 Å². The molecule has 1 saturated heterocycles. The molecule has 31 heavy (non-hydrogen) atoms. The molecule has 2 amide bonds.